The molecule has 0 aliphatic carbocycles. The average molecular weight is 368 g/mol. The Morgan fingerprint density at radius 3 is 2.56 bits per heavy atom. The highest BCUT2D eigenvalue weighted by atomic mass is 19.1. The Hall–Kier alpha value is -3.15. The first kappa shape index (κ1) is 18.6. The minimum atomic E-state index is -0.836. The third kappa shape index (κ3) is 3.69. The molecule has 0 fully saturated rings. The van der Waals surface area contributed by atoms with E-state index in [4.69, 9.17) is 0 Å². The van der Waals surface area contributed by atoms with Crippen LogP contribution in [0.25, 0.3) is 10.9 Å². The van der Waals surface area contributed by atoms with Gasteiger partial charge in [-0.2, -0.15) is 0 Å². The Bertz CT molecular complexity index is 1040. The molecular formula is C21H21FN2O3. The van der Waals surface area contributed by atoms with Crippen molar-refractivity contribution in [3.8, 4) is 5.75 Å². The van der Waals surface area contributed by atoms with E-state index in [9.17, 15) is 19.1 Å². The van der Waals surface area contributed by atoms with Crippen LogP contribution in [0.15, 0.2) is 53.3 Å². The Kier molecular flexibility index (Phi) is 5.54. The molecule has 2 aromatic carbocycles. The largest absolute Gasteiger partial charge is 0.506 e. The number of aromatic hydroxyl groups is 1. The molecule has 0 radical (unpaired) electrons. The summed E-state index contributed by atoms with van der Waals surface area (Å²) in [6, 6.07) is 12.6. The van der Waals surface area contributed by atoms with Gasteiger partial charge in [0.1, 0.15) is 17.1 Å². The molecule has 5 nitrogen and oxygen atoms in total. The van der Waals surface area contributed by atoms with Crippen LogP contribution in [0.3, 0.4) is 0 Å². The van der Waals surface area contributed by atoms with Crippen LogP contribution >= 0.6 is 0 Å². The summed E-state index contributed by atoms with van der Waals surface area (Å²) in [6.45, 7) is 2.50. The van der Waals surface area contributed by atoms with E-state index in [2.05, 4.69) is 12.2 Å². The van der Waals surface area contributed by atoms with E-state index < -0.39 is 23.0 Å². The third-order valence-corrected chi connectivity index (χ3v) is 4.48. The smallest absolute Gasteiger partial charge is 0.267 e. The number of nitrogens with zero attached hydrogens (tertiary/aromatic N) is 1. The second kappa shape index (κ2) is 8.03. The summed E-state index contributed by atoms with van der Waals surface area (Å²) in [5.41, 5.74) is -0.449. The summed E-state index contributed by atoms with van der Waals surface area (Å²) in [6.07, 6.45) is 2.71. The first-order valence-corrected chi connectivity index (χ1v) is 8.95. The molecule has 2 N–H and O–H groups in total. The lowest BCUT2D eigenvalue weighted by molar-refractivity contribution is 0.102. The minimum Gasteiger partial charge on any atom is -0.506 e. The number of halogens is 1. The van der Waals surface area contributed by atoms with Gasteiger partial charge in [0.25, 0.3) is 11.5 Å². The fourth-order valence-corrected chi connectivity index (χ4v) is 3.08. The highest BCUT2D eigenvalue weighted by Crippen LogP contribution is 2.27. The number of pyridine rings is 1. The number of nitrogens with one attached hydrogen (secondary N) is 1. The van der Waals surface area contributed by atoms with Gasteiger partial charge < -0.3 is 15.0 Å². The number of carbonyl (C=O) groups excluding carboxylic acids is 1. The SMILES string of the molecule is CCCCCn1c(=O)c(C(=O)Nc2ccccc2F)c(O)c2ccccc21. The van der Waals surface area contributed by atoms with Crippen molar-refractivity contribution in [2.24, 2.45) is 0 Å². The Labute approximate surface area is 156 Å². The number of benzene rings is 2. The number of unbranched alkanes of at least 4 members (excludes halogenated alkanes) is 2. The first-order chi connectivity index (χ1) is 13.0. The zero-order valence-electron chi connectivity index (χ0n) is 15.0. The van der Waals surface area contributed by atoms with Crippen molar-refractivity contribution in [2.75, 3.05) is 5.32 Å². The molecule has 1 aromatic heterocycles. The fraction of sp³-hybridized carbons (Fsp3) is 0.238. The van der Waals surface area contributed by atoms with Gasteiger partial charge >= 0.3 is 0 Å². The molecule has 27 heavy (non-hydrogen) atoms. The maximum absolute atomic E-state index is 13.8. The van der Waals surface area contributed by atoms with Crippen LogP contribution in [-0.2, 0) is 6.54 Å². The zero-order valence-corrected chi connectivity index (χ0v) is 15.0. The number of hydrogen-bond donors (Lipinski definition) is 2. The molecule has 140 valence electrons. The van der Waals surface area contributed by atoms with E-state index in [0.29, 0.717) is 17.4 Å². The monoisotopic (exact) mass is 368 g/mol. The number of hydrogen-bond acceptors (Lipinski definition) is 3. The summed E-state index contributed by atoms with van der Waals surface area (Å²) in [4.78, 5) is 25.6. The number of rotatable bonds is 6. The summed E-state index contributed by atoms with van der Waals surface area (Å²) >= 11 is 0. The molecule has 6 heteroatoms. The Morgan fingerprint density at radius 1 is 1.11 bits per heavy atom. The molecule has 0 saturated carbocycles. The van der Waals surface area contributed by atoms with Crippen LogP contribution in [-0.4, -0.2) is 15.6 Å². The molecule has 3 rings (SSSR count). The van der Waals surface area contributed by atoms with E-state index in [0.717, 1.165) is 19.3 Å². The topological polar surface area (TPSA) is 71.3 Å². The first-order valence-electron chi connectivity index (χ1n) is 8.95. The van der Waals surface area contributed by atoms with Gasteiger partial charge in [0.05, 0.1) is 11.2 Å². The van der Waals surface area contributed by atoms with Crippen molar-refractivity contribution in [1.29, 1.82) is 0 Å². The van der Waals surface area contributed by atoms with E-state index in [1.54, 1.807) is 30.3 Å². The van der Waals surface area contributed by atoms with Crippen LogP contribution in [0, 0.1) is 5.82 Å². The van der Waals surface area contributed by atoms with Crippen LogP contribution in [0.4, 0.5) is 10.1 Å². The van der Waals surface area contributed by atoms with E-state index in [-0.39, 0.29) is 11.3 Å². The van der Waals surface area contributed by atoms with Crippen molar-refractivity contribution >= 4 is 22.5 Å². The van der Waals surface area contributed by atoms with Gasteiger partial charge in [-0.3, -0.25) is 9.59 Å². The lowest BCUT2D eigenvalue weighted by Gasteiger charge is -2.15. The molecule has 0 atom stereocenters. The molecule has 0 aliphatic rings. The second-order valence-corrected chi connectivity index (χ2v) is 6.34. The van der Waals surface area contributed by atoms with Crippen molar-refractivity contribution in [3.63, 3.8) is 0 Å². The number of fused-ring (bicyclic) bond motifs is 1. The number of aryl methyl sites for hydroxylation is 1. The lowest BCUT2D eigenvalue weighted by Crippen LogP contribution is -2.30. The van der Waals surface area contributed by atoms with E-state index >= 15 is 0 Å². The number of amides is 1. The summed E-state index contributed by atoms with van der Waals surface area (Å²) in [5, 5.41) is 13.4. The van der Waals surface area contributed by atoms with Crippen molar-refractivity contribution in [1.82, 2.24) is 4.57 Å². The predicted molar refractivity (Wildman–Crippen MR) is 104 cm³/mol. The average Bonchev–Trinajstić information content (AvgIpc) is 2.66. The molecule has 0 spiro atoms. The van der Waals surface area contributed by atoms with Crippen molar-refractivity contribution < 1.29 is 14.3 Å². The van der Waals surface area contributed by atoms with Gasteiger partial charge in [0.15, 0.2) is 0 Å². The van der Waals surface area contributed by atoms with Gasteiger partial charge in [-0.15, -0.1) is 0 Å². The van der Waals surface area contributed by atoms with Gasteiger partial charge in [-0.25, -0.2) is 4.39 Å². The number of anilines is 1. The minimum absolute atomic E-state index is 0.0491. The lowest BCUT2D eigenvalue weighted by atomic mass is 10.1. The molecule has 0 saturated heterocycles. The maximum atomic E-state index is 13.8. The predicted octanol–water partition coefficient (Wildman–Crippen LogP) is 4.29. The second-order valence-electron chi connectivity index (χ2n) is 6.34. The maximum Gasteiger partial charge on any atom is 0.267 e. The van der Waals surface area contributed by atoms with Crippen molar-refractivity contribution in [3.05, 3.63) is 70.3 Å². The normalized spacial score (nSPS) is 10.9. The molecular weight excluding hydrogens is 347 g/mol. The van der Waals surface area contributed by atoms with Gasteiger partial charge in [0.2, 0.25) is 0 Å². The number of carbonyl (C=O) groups is 1. The van der Waals surface area contributed by atoms with Crippen LogP contribution in [0.5, 0.6) is 5.75 Å². The molecule has 0 bridgehead atoms. The highest BCUT2D eigenvalue weighted by molar-refractivity contribution is 6.09. The standard InChI is InChI=1S/C21H21FN2O3/c1-2-3-8-13-24-17-12-7-4-9-14(17)19(25)18(21(24)27)20(26)23-16-11-6-5-10-15(16)22/h4-7,9-12,25H,2-3,8,13H2,1H3,(H,23,26). The summed E-state index contributed by atoms with van der Waals surface area (Å²) in [7, 11) is 0. The summed E-state index contributed by atoms with van der Waals surface area (Å²) < 4.78 is 15.3. The molecule has 1 heterocycles. The van der Waals surface area contributed by atoms with Gasteiger partial charge in [0, 0.05) is 11.9 Å². The molecule has 3 aromatic rings. The number of aromatic nitrogens is 1. The van der Waals surface area contributed by atoms with Crippen LogP contribution in [0.2, 0.25) is 0 Å². The van der Waals surface area contributed by atoms with E-state index in [1.807, 2.05) is 0 Å². The third-order valence-electron chi connectivity index (χ3n) is 4.48. The van der Waals surface area contributed by atoms with Gasteiger partial charge in [-0.1, -0.05) is 44.0 Å². The van der Waals surface area contributed by atoms with Crippen molar-refractivity contribution in [2.45, 2.75) is 32.7 Å². The molecule has 1 amide bonds. The van der Waals surface area contributed by atoms with Crippen LogP contribution < -0.4 is 10.9 Å². The highest BCUT2D eigenvalue weighted by Gasteiger charge is 2.22. The van der Waals surface area contributed by atoms with Gasteiger partial charge in [-0.05, 0) is 30.7 Å². The zero-order chi connectivity index (χ0) is 19.4. The molecule has 0 unspecified atom stereocenters. The summed E-state index contributed by atoms with van der Waals surface area (Å²) in [5.74, 6) is -1.84. The number of para-hydroxylation sites is 2. The fourth-order valence-electron chi connectivity index (χ4n) is 3.08. The van der Waals surface area contributed by atoms with Crippen LogP contribution in [0.1, 0.15) is 36.5 Å². The molecule has 0 aliphatic heterocycles. The Balaban J connectivity index is 2.10. The quantitative estimate of drug-likeness (QED) is 0.638. The Morgan fingerprint density at radius 2 is 1.81 bits per heavy atom. The van der Waals surface area contributed by atoms with E-state index in [1.165, 1.54) is 22.8 Å².